The molecule has 1 N–H and O–H groups in total. The van der Waals surface area contributed by atoms with Crippen LogP contribution in [0.4, 0.5) is 0 Å². The number of aryl methyl sites for hydroxylation is 1. The van der Waals surface area contributed by atoms with E-state index >= 15 is 0 Å². The molecule has 6 atom stereocenters. The molecule has 31 heavy (non-hydrogen) atoms. The molecule has 4 heteroatoms. The molecule has 0 unspecified atom stereocenters. The number of carbonyl (C=O) groups excluding carboxylic acids is 1. The lowest BCUT2D eigenvalue weighted by atomic mass is 9.55. The van der Waals surface area contributed by atoms with Gasteiger partial charge in [0.05, 0.1) is 6.61 Å². The fourth-order valence-electron chi connectivity index (χ4n) is 7.23. The molecule has 0 radical (unpaired) electrons. The minimum atomic E-state index is -0.00183. The zero-order valence-corrected chi connectivity index (χ0v) is 19.7. The molecule has 1 aromatic rings. The molecule has 4 aliphatic rings. The lowest BCUT2D eigenvalue weighted by molar-refractivity contribution is -0.134. The van der Waals surface area contributed by atoms with E-state index in [2.05, 4.69) is 49.2 Å². The first-order valence-electron chi connectivity index (χ1n) is 12.8. The highest BCUT2D eigenvalue weighted by molar-refractivity contribution is 5.80. The van der Waals surface area contributed by atoms with Gasteiger partial charge in [0.1, 0.15) is 5.75 Å². The largest absolute Gasteiger partial charge is 0.494 e. The standard InChI is InChI=1S/C27H40N2O2/c1-18-16-25-24-9-7-20-17-21(31-15-5-14-29-13-4-6-19(29)2)8-10-22(20)23(24)11-12-27(25,3)28-26(18)30/h8,10,17-19,23-25H,4-7,9,11-16H2,1-3H3,(H,28,30)/t18-,19-,23-,24-,25+,27+/m1/s1. The summed E-state index contributed by atoms with van der Waals surface area (Å²) in [6.45, 7) is 9.97. The zero-order chi connectivity index (χ0) is 21.6. The third-order valence-electron chi connectivity index (χ3n) is 9.10. The molecule has 2 aliphatic carbocycles. The van der Waals surface area contributed by atoms with Gasteiger partial charge in [-0.25, -0.2) is 0 Å². The number of hydrogen-bond donors (Lipinski definition) is 1. The molecule has 0 bridgehead atoms. The smallest absolute Gasteiger partial charge is 0.223 e. The fraction of sp³-hybridized carbons (Fsp3) is 0.741. The molecule has 170 valence electrons. The van der Waals surface area contributed by atoms with Gasteiger partial charge in [0.2, 0.25) is 5.91 Å². The average Bonchev–Trinajstić information content (AvgIpc) is 3.16. The SMILES string of the molecule is C[C@@H]1C[C@H]2[C@@H]3CCc4cc(OCCCN5CCC[C@H]5C)ccc4[C@H]3CC[C@]2(C)NC1=O. The number of amides is 1. The van der Waals surface area contributed by atoms with Crippen LogP contribution in [0.15, 0.2) is 18.2 Å². The molecule has 1 saturated carbocycles. The topological polar surface area (TPSA) is 41.6 Å². The van der Waals surface area contributed by atoms with E-state index in [9.17, 15) is 4.79 Å². The maximum absolute atomic E-state index is 12.3. The quantitative estimate of drug-likeness (QED) is 0.683. The minimum absolute atomic E-state index is 0.00183. The Morgan fingerprint density at radius 1 is 1.23 bits per heavy atom. The van der Waals surface area contributed by atoms with E-state index in [-0.39, 0.29) is 17.4 Å². The zero-order valence-electron chi connectivity index (χ0n) is 19.7. The van der Waals surface area contributed by atoms with Gasteiger partial charge >= 0.3 is 0 Å². The molecule has 1 aromatic carbocycles. The first-order valence-corrected chi connectivity index (χ1v) is 12.8. The van der Waals surface area contributed by atoms with Crippen LogP contribution in [0.1, 0.15) is 82.8 Å². The van der Waals surface area contributed by atoms with Crippen molar-refractivity contribution in [2.75, 3.05) is 19.7 Å². The van der Waals surface area contributed by atoms with Gasteiger partial charge in [-0.15, -0.1) is 0 Å². The van der Waals surface area contributed by atoms with Crippen molar-refractivity contribution in [2.24, 2.45) is 17.8 Å². The highest BCUT2D eigenvalue weighted by Crippen LogP contribution is 2.54. The van der Waals surface area contributed by atoms with Crippen LogP contribution < -0.4 is 10.1 Å². The third-order valence-corrected chi connectivity index (χ3v) is 9.10. The van der Waals surface area contributed by atoms with E-state index < -0.39 is 0 Å². The summed E-state index contributed by atoms with van der Waals surface area (Å²) in [5, 5.41) is 3.40. The third kappa shape index (κ3) is 4.01. The summed E-state index contributed by atoms with van der Waals surface area (Å²) < 4.78 is 6.16. The summed E-state index contributed by atoms with van der Waals surface area (Å²) in [4.78, 5) is 14.9. The average molecular weight is 425 g/mol. The second-order valence-electron chi connectivity index (χ2n) is 11.1. The van der Waals surface area contributed by atoms with Crippen LogP contribution in [0.25, 0.3) is 0 Å². The van der Waals surface area contributed by atoms with Crippen LogP contribution in [0, 0.1) is 17.8 Å². The van der Waals surface area contributed by atoms with Gasteiger partial charge in [-0.05, 0) is 113 Å². The molecular weight excluding hydrogens is 384 g/mol. The summed E-state index contributed by atoms with van der Waals surface area (Å²) in [6.07, 6.45) is 9.54. The predicted octanol–water partition coefficient (Wildman–Crippen LogP) is 4.91. The fourth-order valence-corrected chi connectivity index (χ4v) is 7.23. The summed E-state index contributed by atoms with van der Waals surface area (Å²) >= 11 is 0. The molecule has 0 spiro atoms. The van der Waals surface area contributed by atoms with Crippen molar-refractivity contribution in [1.29, 1.82) is 0 Å². The maximum atomic E-state index is 12.3. The number of nitrogens with zero attached hydrogens (tertiary/aromatic N) is 1. The van der Waals surface area contributed by atoms with Gasteiger partial charge in [0.15, 0.2) is 0 Å². The van der Waals surface area contributed by atoms with Crippen LogP contribution in [-0.2, 0) is 11.2 Å². The molecule has 3 fully saturated rings. The Labute approximate surface area is 188 Å². The maximum Gasteiger partial charge on any atom is 0.223 e. The molecule has 2 aliphatic heterocycles. The van der Waals surface area contributed by atoms with Crippen molar-refractivity contribution in [1.82, 2.24) is 10.2 Å². The molecule has 0 aromatic heterocycles. The van der Waals surface area contributed by atoms with Crippen molar-refractivity contribution < 1.29 is 9.53 Å². The Morgan fingerprint density at radius 3 is 2.90 bits per heavy atom. The second-order valence-corrected chi connectivity index (χ2v) is 11.1. The van der Waals surface area contributed by atoms with Gasteiger partial charge in [-0.3, -0.25) is 4.79 Å². The van der Waals surface area contributed by atoms with Crippen molar-refractivity contribution in [2.45, 2.75) is 89.6 Å². The van der Waals surface area contributed by atoms with Gasteiger partial charge in [-0.1, -0.05) is 13.0 Å². The minimum Gasteiger partial charge on any atom is -0.494 e. The lowest BCUT2D eigenvalue weighted by Crippen LogP contribution is -2.62. The molecule has 2 saturated heterocycles. The molecule has 2 heterocycles. The van der Waals surface area contributed by atoms with E-state index in [0.29, 0.717) is 17.8 Å². The Hall–Kier alpha value is -1.55. The number of benzene rings is 1. The number of fused-ring (bicyclic) bond motifs is 5. The summed E-state index contributed by atoms with van der Waals surface area (Å²) in [5.74, 6) is 3.41. The number of likely N-dealkylation sites (tertiary alicyclic amines) is 1. The Kier molecular flexibility index (Phi) is 5.79. The Balaban J connectivity index is 1.22. The Bertz CT molecular complexity index is 823. The monoisotopic (exact) mass is 424 g/mol. The lowest BCUT2D eigenvalue weighted by Gasteiger charge is -2.55. The molecular formula is C27H40N2O2. The number of carbonyl (C=O) groups is 1. The molecule has 1 amide bonds. The normalized spacial score (nSPS) is 37.5. The van der Waals surface area contributed by atoms with E-state index in [1.165, 1.54) is 37.8 Å². The number of rotatable bonds is 5. The van der Waals surface area contributed by atoms with Crippen molar-refractivity contribution in [3.63, 3.8) is 0 Å². The van der Waals surface area contributed by atoms with Gasteiger partial charge in [0, 0.05) is 24.0 Å². The van der Waals surface area contributed by atoms with E-state index in [0.717, 1.165) is 50.6 Å². The van der Waals surface area contributed by atoms with Crippen molar-refractivity contribution >= 4 is 5.91 Å². The van der Waals surface area contributed by atoms with E-state index in [4.69, 9.17) is 4.74 Å². The van der Waals surface area contributed by atoms with Crippen LogP contribution in [-0.4, -0.2) is 42.1 Å². The Morgan fingerprint density at radius 2 is 2.10 bits per heavy atom. The van der Waals surface area contributed by atoms with Crippen LogP contribution >= 0.6 is 0 Å². The van der Waals surface area contributed by atoms with E-state index in [1.807, 2.05) is 0 Å². The first kappa shape index (κ1) is 21.3. The van der Waals surface area contributed by atoms with Crippen molar-refractivity contribution in [3.05, 3.63) is 29.3 Å². The van der Waals surface area contributed by atoms with Crippen LogP contribution in [0.2, 0.25) is 0 Å². The number of nitrogens with one attached hydrogen (secondary N) is 1. The van der Waals surface area contributed by atoms with Gasteiger partial charge < -0.3 is 15.0 Å². The van der Waals surface area contributed by atoms with Crippen LogP contribution in [0.5, 0.6) is 5.75 Å². The number of piperidine rings is 1. The number of ether oxygens (including phenoxy) is 1. The van der Waals surface area contributed by atoms with Crippen LogP contribution in [0.3, 0.4) is 0 Å². The molecule has 4 nitrogen and oxygen atoms in total. The molecule has 5 rings (SSSR count). The first-order chi connectivity index (χ1) is 14.9. The highest BCUT2D eigenvalue weighted by atomic mass is 16.5. The highest BCUT2D eigenvalue weighted by Gasteiger charge is 2.52. The predicted molar refractivity (Wildman–Crippen MR) is 124 cm³/mol. The second kappa shape index (κ2) is 8.42. The summed E-state index contributed by atoms with van der Waals surface area (Å²) in [7, 11) is 0. The summed E-state index contributed by atoms with van der Waals surface area (Å²) in [6, 6.07) is 7.63. The van der Waals surface area contributed by atoms with Gasteiger partial charge in [0.25, 0.3) is 0 Å². The van der Waals surface area contributed by atoms with Crippen molar-refractivity contribution in [3.8, 4) is 5.75 Å². The summed E-state index contributed by atoms with van der Waals surface area (Å²) in [5.41, 5.74) is 3.06. The van der Waals surface area contributed by atoms with E-state index in [1.54, 1.807) is 5.56 Å². The van der Waals surface area contributed by atoms with Gasteiger partial charge in [-0.2, -0.15) is 0 Å². The number of hydrogen-bond acceptors (Lipinski definition) is 3.